The Morgan fingerprint density at radius 2 is 2.21 bits per heavy atom. The molecule has 0 bridgehead atoms. The molecule has 1 N–H and O–H groups in total. The highest BCUT2D eigenvalue weighted by Gasteiger charge is 2.32. The number of hydrogen-bond donors (Lipinski definition) is 1. The second-order valence-electron chi connectivity index (χ2n) is 7.48. The molecule has 1 amide bonds. The maximum Gasteiger partial charge on any atom is 0.241 e. The third-order valence-electron chi connectivity index (χ3n) is 4.07. The van der Waals surface area contributed by atoms with Crippen LogP contribution in [0.25, 0.3) is 5.69 Å². The van der Waals surface area contributed by atoms with Gasteiger partial charge in [0.05, 0.1) is 11.7 Å². The van der Waals surface area contributed by atoms with Gasteiger partial charge in [-0.15, -0.1) is 5.10 Å². The van der Waals surface area contributed by atoms with Gasteiger partial charge < -0.3 is 5.32 Å². The molecule has 1 atom stereocenters. The predicted molar refractivity (Wildman–Crippen MR) is 91.8 cm³/mol. The second kappa shape index (κ2) is 6.68. The number of anilines is 1. The van der Waals surface area contributed by atoms with E-state index in [1.165, 1.54) is 6.33 Å². The molecule has 0 radical (unpaired) electrons. The van der Waals surface area contributed by atoms with Crippen molar-refractivity contribution in [2.24, 2.45) is 5.41 Å². The van der Waals surface area contributed by atoms with E-state index >= 15 is 0 Å². The first-order chi connectivity index (χ1) is 11.4. The van der Waals surface area contributed by atoms with Crippen molar-refractivity contribution in [2.45, 2.75) is 39.7 Å². The Balaban J connectivity index is 1.69. The summed E-state index contributed by atoms with van der Waals surface area (Å²) in [6, 6.07) is 7.48. The van der Waals surface area contributed by atoms with Crippen molar-refractivity contribution >= 4 is 11.6 Å². The van der Waals surface area contributed by atoms with E-state index in [0.29, 0.717) is 0 Å². The number of carbonyl (C=O) groups is 1. The van der Waals surface area contributed by atoms with Gasteiger partial charge in [-0.05, 0) is 53.4 Å². The molecule has 0 spiro atoms. The summed E-state index contributed by atoms with van der Waals surface area (Å²) in [6.07, 6.45) is 3.51. The Labute approximate surface area is 142 Å². The highest BCUT2D eigenvalue weighted by molar-refractivity contribution is 5.95. The van der Waals surface area contributed by atoms with Gasteiger partial charge >= 0.3 is 0 Å². The quantitative estimate of drug-likeness (QED) is 0.930. The topological polar surface area (TPSA) is 75.9 Å². The lowest BCUT2D eigenvalue weighted by molar-refractivity contribution is -0.120. The van der Waals surface area contributed by atoms with Gasteiger partial charge in [0.15, 0.2) is 0 Å². The van der Waals surface area contributed by atoms with Crippen molar-refractivity contribution in [1.82, 2.24) is 25.1 Å². The first kappa shape index (κ1) is 16.6. The number of likely N-dealkylation sites (tertiary alicyclic amines) is 1. The zero-order chi connectivity index (χ0) is 17.2. The monoisotopic (exact) mass is 328 g/mol. The van der Waals surface area contributed by atoms with Gasteiger partial charge in [-0.3, -0.25) is 9.69 Å². The van der Waals surface area contributed by atoms with Crippen molar-refractivity contribution in [1.29, 1.82) is 0 Å². The number of rotatable bonds is 4. The number of benzene rings is 1. The Morgan fingerprint density at radius 1 is 1.38 bits per heavy atom. The van der Waals surface area contributed by atoms with Gasteiger partial charge in [-0.25, -0.2) is 4.68 Å². The van der Waals surface area contributed by atoms with Gasteiger partial charge in [0.1, 0.15) is 6.33 Å². The van der Waals surface area contributed by atoms with E-state index in [-0.39, 0.29) is 17.4 Å². The zero-order valence-electron chi connectivity index (χ0n) is 14.4. The van der Waals surface area contributed by atoms with Crippen LogP contribution in [0.1, 0.15) is 33.6 Å². The smallest absolute Gasteiger partial charge is 0.241 e. The van der Waals surface area contributed by atoms with E-state index in [9.17, 15) is 4.79 Å². The summed E-state index contributed by atoms with van der Waals surface area (Å²) in [4.78, 5) is 15.0. The number of nitrogens with one attached hydrogen (secondary N) is 1. The molecule has 1 aliphatic heterocycles. The number of tetrazole rings is 1. The van der Waals surface area contributed by atoms with Crippen LogP contribution < -0.4 is 5.32 Å². The van der Waals surface area contributed by atoms with Crippen molar-refractivity contribution in [3.8, 4) is 5.69 Å². The number of hydrogen-bond acceptors (Lipinski definition) is 5. The van der Waals surface area contributed by atoms with Crippen molar-refractivity contribution < 1.29 is 4.79 Å². The number of nitrogens with zero attached hydrogens (tertiary/aromatic N) is 5. The average Bonchev–Trinajstić information content (AvgIpc) is 3.17. The SMILES string of the molecule is CC(C)(C)CN1CCC[C@H]1C(=O)Nc1cccc(-n2cnnn2)c1. The molecular formula is C17H24N6O. The average molecular weight is 328 g/mol. The summed E-state index contributed by atoms with van der Waals surface area (Å²) >= 11 is 0. The lowest BCUT2D eigenvalue weighted by atomic mass is 9.95. The van der Waals surface area contributed by atoms with Crippen LogP contribution in [0.2, 0.25) is 0 Å². The third kappa shape index (κ3) is 3.97. The van der Waals surface area contributed by atoms with E-state index in [1.54, 1.807) is 4.68 Å². The molecular weight excluding hydrogens is 304 g/mol. The van der Waals surface area contributed by atoms with Gasteiger partial charge in [0, 0.05) is 12.2 Å². The number of carbonyl (C=O) groups excluding carboxylic acids is 1. The molecule has 7 heteroatoms. The predicted octanol–water partition coefficient (Wildman–Crippen LogP) is 2.11. The minimum atomic E-state index is -0.0547. The van der Waals surface area contributed by atoms with E-state index in [2.05, 4.69) is 46.5 Å². The Kier molecular flexibility index (Phi) is 4.62. The van der Waals surface area contributed by atoms with E-state index in [4.69, 9.17) is 0 Å². The van der Waals surface area contributed by atoms with Crippen molar-refractivity contribution in [3.05, 3.63) is 30.6 Å². The molecule has 2 heterocycles. The van der Waals surface area contributed by atoms with E-state index < -0.39 is 0 Å². The summed E-state index contributed by atoms with van der Waals surface area (Å²) in [5.41, 5.74) is 1.76. The molecule has 0 unspecified atom stereocenters. The Hall–Kier alpha value is -2.28. The van der Waals surface area contributed by atoms with Gasteiger partial charge in [-0.1, -0.05) is 26.8 Å². The maximum absolute atomic E-state index is 12.7. The minimum absolute atomic E-state index is 0.0547. The van der Waals surface area contributed by atoms with Crippen LogP contribution in [0.3, 0.4) is 0 Å². The standard InChI is InChI=1S/C17H24N6O/c1-17(2,3)11-22-9-5-8-15(22)16(24)19-13-6-4-7-14(10-13)23-12-18-20-21-23/h4,6-7,10,12,15H,5,8-9,11H2,1-3H3,(H,19,24)/t15-/m0/s1. The molecule has 1 saturated heterocycles. The molecule has 0 aliphatic carbocycles. The lowest BCUT2D eigenvalue weighted by Gasteiger charge is -2.30. The van der Waals surface area contributed by atoms with E-state index in [0.717, 1.165) is 37.3 Å². The fraction of sp³-hybridized carbons (Fsp3) is 0.529. The third-order valence-corrected chi connectivity index (χ3v) is 4.07. The van der Waals surface area contributed by atoms with Crippen LogP contribution >= 0.6 is 0 Å². The number of aromatic nitrogens is 4. The van der Waals surface area contributed by atoms with Crippen LogP contribution in [-0.2, 0) is 4.79 Å². The van der Waals surface area contributed by atoms with Gasteiger partial charge in [0.2, 0.25) is 5.91 Å². The molecule has 0 saturated carbocycles. The van der Waals surface area contributed by atoms with Gasteiger partial charge in [-0.2, -0.15) is 0 Å². The highest BCUT2D eigenvalue weighted by atomic mass is 16.2. The highest BCUT2D eigenvalue weighted by Crippen LogP contribution is 2.25. The fourth-order valence-corrected chi connectivity index (χ4v) is 3.15. The van der Waals surface area contributed by atoms with Crippen molar-refractivity contribution in [3.63, 3.8) is 0 Å². The minimum Gasteiger partial charge on any atom is -0.325 e. The lowest BCUT2D eigenvalue weighted by Crippen LogP contribution is -2.43. The maximum atomic E-state index is 12.7. The van der Waals surface area contributed by atoms with Crippen LogP contribution in [0, 0.1) is 5.41 Å². The Bertz CT molecular complexity index is 691. The molecule has 2 aromatic rings. The second-order valence-corrected chi connectivity index (χ2v) is 7.48. The normalized spacial score (nSPS) is 18.7. The van der Waals surface area contributed by atoms with Crippen molar-refractivity contribution in [2.75, 3.05) is 18.4 Å². The summed E-state index contributed by atoms with van der Waals surface area (Å²) in [5.74, 6) is 0.0608. The molecule has 3 rings (SSSR count). The molecule has 1 aromatic heterocycles. The summed E-state index contributed by atoms with van der Waals surface area (Å²) in [6.45, 7) is 8.53. The summed E-state index contributed by atoms with van der Waals surface area (Å²) in [7, 11) is 0. The summed E-state index contributed by atoms with van der Waals surface area (Å²) in [5, 5.41) is 14.2. The summed E-state index contributed by atoms with van der Waals surface area (Å²) < 4.78 is 1.57. The van der Waals surface area contributed by atoms with Crippen LogP contribution in [0.5, 0.6) is 0 Å². The van der Waals surface area contributed by atoms with E-state index in [1.807, 2.05) is 24.3 Å². The van der Waals surface area contributed by atoms with Gasteiger partial charge in [0.25, 0.3) is 0 Å². The molecule has 1 aliphatic rings. The molecule has 1 fully saturated rings. The zero-order valence-corrected chi connectivity index (χ0v) is 14.4. The van der Waals surface area contributed by atoms with Crippen LogP contribution in [0.15, 0.2) is 30.6 Å². The molecule has 24 heavy (non-hydrogen) atoms. The fourth-order valence-electron chi connectivity index (χ4n) is 3.15. The molecule has 1 aromatic carbocycles. The first-order valence-electron chi connectivity index (χ1n) is 8.31. The largest absolute Gasteiger partial charge is 0.325 e. The molecule has 7 nitrogen and oxygen atoms in total. The molecule has 128 valence electrons. The van der Waals surface area contributed by atoms with Crippen LogP contribution in [-0.4, -0.2) is 50.1 Å². The first-order valence-corrected chi connectivity index (χ1v) is 8.31. The Morgan fingerprint density at radius 3 is 2.92 bits per heavy atom. The van der Waals surface area contributed by atoms with Crippen LogP contribution in [0.4, 0.5) is 5.69 Å². The number of amides is 1.